The van der Waals surface area contributed by atoms with Gasteiger partial charge < -0.3 is 14.8 Å². The molecule has 2 heterocycles. The zero-order valence-corrected chi connectivity index (χ0v) is 13.5. The third kappa shape index (κ3) is 2.86. The number of nitrogens with zero attached hydrogens (tertiary/aromatic N) is 2. The highest BCUT2D eigenvalue weighted by atomic mass is 19.1. The Bertz CT molecular complexity index is 815. The van der Waals surface area contributed by atoms with Gasteiger partial charge in [-0.2, -0.15) is 0 Å². The molecule has 1 aliphatic heterocycles. The van der Waals surface area contributed by atoms with Gasteiger partial charge in [-0.25, -0.2) is 4.39 Å². The van der Waals surface area contributed by atoms with Gasteiger partial charge in [0.15, 0.2) is 0 Å². The van der Waals surface area contributed by atoms with Crippen LogP contribution in [0.1, 0.15) is 17.3 Å². The second-order valence-corrected chi connectivity index (χ2v) is 6.46. The average molecular weight is 317 g/mol. The first-order valence-electron chi connectivity index (χ1n) is 7.65. The number of likely N-dealkylation sites (N-methyl/N-ethyl adjacent to an activating group) is 1. The van der Waals surface area contributed by atoms with E-state index in [1.165, 1.54) is 24.3 Å². The van der Waals surface area contributed by atoms with Crippen molar-refractivity contribution in [2.45, 2.75) is 13.0 Å². The van der Waals surface area contributed by atoms with Crippen LogP contribution in [0.5, 0.6) is 0 Å². The van der Waals surface area contributed by atoms with Crippen molar-refractivity contribution in [3.05, 3.63) is 46.0 Å². The number of hydrogen-bond donors (Lipinski definition) is 1. The van der Waals surface area contributed by atoms with E-state index in [0.717, 1.165) is 0 Å². The lowest BCUT2D eigenvalue weighted by atomic mass is 10.1. The molecule has 1 aromatic heterocycles. The zero-order chi connectivity index (χ0) is 16.7. The van der Waals surface area contributed by atoms with Crippen LogP contribution in [0.25, 0.3) is 10.9 Å². The molecule has 0 unspecified atom stereocenters. The Morgan fingerprint density at radius 2 is 2.04 bits per heavy atom. The molecule has 0 bridgehead atoms. The summed E-state index contributed by atoms with van der Waals surface area (Å²) < 4.78 is 13.6. The van der Waals surface area contributed by atoms with Crippen LogP contribution in [0.2, 0.25) is 0 Å². The van der Waals surface area contributed by atoms with E-state index in [1.807, 2.05) is 14.1 Å². The summed E-state index contributed by atoms with van der Waals surface area (Å²) in [5, 5.41) is 0.440. The fourth-order valence-electron chi connectivity index (χ4n) is 3.36. The number of aromatic nitrogens is 1. The second kappa shape index (κ2) is 5.77. The minimum atomic E-state index is -0.431. The van der Waals surface area contributed by atoms with E-state index in [4.69, 9.17) is 0 Å². The molecule has 3 rings (SSSR count). The molecule has 1 fully saturated rings. The van der Waals surface area contributed by atoms with Crippen LogP contribution in [-0.4, -0.2) is 53.9 Å². The Morgan fingerprint density at radius 1 is 1.30 bits per heavy atom. The lowest BCUT2D eigenvalue weighted by Crippen LogP contribution is -2.36. The standard InChI is InChI=1S/C17H20FN3O2/c1-10-8-21(9-15(10)20(2)3)17(23)13-7-16(22)19-14-5-4-11(18)6-12(13)14/h4-7,10,15H,8-9H2,1-3H3,(H,19,22)/t10-,15-/m1/s1. The summed E-state index contributed by atoms with van der Waals surface area (Å²) in [5.74, 6) is -0.304. The maximum Gasteiger partial charge on any atom is 0.254 e. The molecule has 5 nitrogen and oxygen atoms in total. The highest BCUT2D eigenvalue weighted by Crippen LogP contribution is 2.24. The van der Waals surface area contributed by atoms with E-state index in [9.17, 15) is 14.0 Å². The van der Waals surface area contributed by atoms with Gasteiger partial charge in [0.05, 0.1) is 5.56 Å². The maximum atomic E-state index is 13.6. The van der Waals surface area contributed by atoms with Crippen molar-refractivity contribution in [3.8, 4) is 0 Å². The Hall–Kier alpha value is -2.21. The summed E-state index contributed by atoms with van der Waals surface area (Å²) in [7, 11) is 3.99. The minimum Gasteiger partial charge on any atom is -0.337 e. The summed E-state index contributed by atoms with van der Waals surface area (Å²) in [6.07, 6.45) is 0. The van der Waals surface area contributed by atoms with Crippen molar-refractivity contribution in [2.75, 3.05) is 27.2 Å². The lowest BCUT2D eigenvalue weighted by Gasteiger charge is -2.22. The Labute approximate surface area is 133 Å². The first kappa shape index (κ1) is 15.7. The van der Waals surface area contributed by atoms with Crippen molar-refractivity contribution in [2.24, 2.45) is 5.92 Å². The number of amides is 1. The van der Waals surface area contributed by atoms with Gasteiger partial charge >= 0.3 is 0 Å². The van der Waals surface area contributed by atoms with E-state index < -0.39 is 5.82 Å². The molecule has 0 aliphatic carbocycles. The Kier molecular flexibility index (Phi) is 3.93. The molecule has 1 aliphatic rings. The molecule has 0 radical (unpaired) electrons. The van der Waals surface area contributed by atoms with Crippen LogP contribution in [0, 0.1) is 11.7 Å². The molecule has 1 N–H and O–H groups in total. The SMILES string of the molecule is C[C@@H]1CN(C(=O)c2cc(=O)[nH]c3ccc(F)cc23)C[C@H]1N(C)C. The van der Waals surface area contributed by atoms with Gasteiger partial charge in [0.25, 0.3) is 5.91 Å². The predicted molar refractivity (Wildman–Crippen MR) is 87.1 cm³/mol. The van der Waals surface area contributed by atoms with Crippen LogP contribution in [-0.2, 0) is 0 Å². The fourth-order valence-corrected chi connectivity index (χ4v) is 3.36. The molecule has 2 atom stereocenters. The molecule has 0 saturated carbocycles. The molecule has 1 aromatic carbocycles. The number of H-pyrrole nitrogens is 1. The number of rotatable bonds is 2. The Morgan fingerprint density at radius 3 is 2.70 bits per heavy atom. The first-order valence-corrected chi connectivity index (χ1v) is 7.65. The number of aromatic amines is 1. The van der Waals surface area contributed by atoms with Gasteiger partial charge in [0.1, 0.15) is 5.82 Å². The highest BCUT2D eigenvalue weighted by molar-refractivity contribution is 6.06. The molecule has 23 heavy (non-hydrogen) atoms. The molecular formula is C17H20FN3O2. The summed E-state index contributed by atoms with van der Waals surface area (Å²) in [5.41, 5.74) is 0.373. The van der Waals surface area contributed by atoms with Gasteiger partial charge in [-0.05, 0) is 38.2 Å². The van der Waals surface area contributed by atoms with Crippen molar-refractivity contribution in [1.29, 1.82) is 0 Å². The minimum absolute atomic E-state index is 0.220. The van der Waals surface area contributed by atoms with Crippen LogP contribution in [0.15, 0.2) is 29.1 Å². The lowest BCUT2D eigenvalue weighted by molar-refractivity contribution is 0.0783. The van der Waals surface area contributed by atoms with E-state index in [-0.39, 0.29) is 23.1 Å². The van der Waals surface area contributed by atoms with Gasteiger partial charge in [-0.15, -0.1) is 0 Å². The van der Waals surface area contributed by atoms with Gasteiger partial charge in [-0.1, -0.05) is 6.92 Å². The number of pyridine rings is 1. The molecule has 0 spiro atoms. The smallest absolute Gasteiger partial charge is 0.254 e. The summed E-state index contributed by atoms with van der Waals surface area (Å²) >= 11 is 0. The Balaban J connectivity index is 2.02. The third-order valence-electron chi connectivity index (χ3n) is 4.56. The third-order valence-corrected chi connectivity index (χ3v) is 4.56. The molecule has 6 heteroatoms. The van der Waals surface area contributed by atoms with Crippen LogP contribution >= 0.6 is 0 Å². The van der Waals surface area contributed by atoms with Gasteiger partial charge in [-0.3, -0.25) is 9.59 Å². The molecule has 122 valence electrons. The number of likely N-dealkylation sites (tertiary alicyclic amines) is 1. The van der Waals surface area contributed by atoms with E-state index >= 15 is 0 Å². The number of fused-ring (bicyclic) bond motifs is 1. The van der Waals surface area contributed by atoms with Gasteiger partial charge in [0.2, 0.25) is 5.56 Å². The summed E-state index contributed by atoms with van der Waals surface area (Å²) in [6, 6.07) is 5.59. The van der Waals surface area contributed by atoms with E-state index in [2.05, 4.69) is 16.8 Å². The number of benzene rings is 1. The predicted octanol–water partition coefficient (Wildman–Crippen LogP) is 1.69. The quantitative estimate of drug-likeness (QED) is 0.917. The zero-order valence-electron chi connectivity index (χ0n) is 13.5. The van der Waals surface area contributed by atoms with Gasteiger partial charge in [0, 0.05) is 36.1 Å². The normalized spacial score (nSPS) is 21.3. The monoisotopic (exact) mass is 317 g/mol. The van der Waals surface area contributed by atoms with Crippen molar-refractivity contribution in [1.82, 2.24) is 14.8 Å². The number of carbonyl (C=O) groups excluding carboxylic acids is 1. The van der Waals surface area contributed by atoms with E-state index in [0.29, 0.717) is 29.9 Å². The van der Waals surface area contributed by atoms with Crippen LogP contribution in [0.3, 0.4) is 0 Å². The maximum absolute atomic E-state index is 13.6. The highest BCUT2D eigenvalue weighted by Gasteiger charge is 2.34. The van der Waals surface area contributed by atoms with Crippen molar-refractivity contribution in [3.63, 3.8) is 0 Å². The molecule has 1 amide bonds. The van der Waals surface area contributed by atoms with Crippen LogP contribution in [0.4, 0.5) is 4.39 Å². The number of hydrogen-bond acceptors (Lipinski definition) is 3. The first-order chi connectivity index (χ1) is 10.9. The second-order valence-electron chi connectivity index (χ2n) is 6.46. The fraction of sp³-hybridized carbons (Fsp3) is 0.412. The van der Waals surface area contributed by atoms with Crippen LogP contribution < -0.4 is 5.56 Å². The van der Waals surface area contributed by atoms with Crippen molar-refractivity contribution >= 4 is 16.8 Å². The van der Waals surface area contributed by atoms with E-state index in [1.54, 1.807) is 4.90 Å². The average Bonchev–Trinajstić information content (AvgIpc) is 2.88. The molecule has 1 saturated heterocycles. The molecular weight excluding hydrogens is 297 g/mol. The summed E-state index contributed by atoms with van der Waals surface area (Å²) in [6.45, 7) is 3.34. The largest absolute Gasteiger partial charge is 0.337 e. The number of carbonyl (C=O) groups is 1. The number of halogens is 1. The number of nitrogens with one attached hydrogen (secondary N) is 1. The topological polar surface area (TPSA) is 56.4 Å². The summed E-state index contributed by atoms with van der Waals surface area (Å²) in [4.78, 5) is 31.2. The van der Waals surface area contributed by atoms with Crippen molar-refractivity contribution < 1.29 is 9.18 Å². The molecule has 2 aromatic rings.